The number of hydrogen-bond acceptors (Lipinski definition) is 12. The van der Waals surface area contributed by atoms with Gasteiger partial charge in [0.1, 0.15) is 17.5 Å². The van der Waals surface area contributed by atoms with Crippen LogP contribution in [-0.2, 0) is 11.3 Å². The van der Waals surface area contributed by atoms with Crippen LogP contribution in [0.5, 0.6) is 6.01 Å². The van der Waals surface area contributed by atoms with Gasteiger partial charge in [0.25, 0.3) is 0 Å². The van der Waals surface area contributed by atoms with E-state index in [1.54, 1.807) is 17.3 Å². The lowest BCUT2D eigenvalue weighted by molar-refractivity contribution is 0.0209. The van der Waals surface area contributed by atoms with Crippen LogP contribution in [0, 0.1) is 25.2 Å². The Morgan fingerprint density at radius 3 is 2.28 bits per heavy atom. The number of carbonyl (C=O) groups excluding carboxylic acids is 1. The second-order valence-corrected chi connectivity index (χ2v) is 11.6. The number of nitrogens with one attached hydrogen (secondary N) is 3. The van der Waals surface area contributed by atoms with Gasteiger partial charge in [0.15, 0.2) is 0 Å². The van der Waals surface area contributed by atoms with E-state index in [1.165, 1.54) is 13.3 Å². The lowest BCUT2D eigenvalue weighted by Gasteiger charge is -2.36. The van der Waals surface area contributed by atoms with E-state index in [0.29, 0.717) is 67.3 Å². The number of benzene rings is 1. The van der Waals surface area contributed by atoms with Crippen molar-refractivity contribution >= 4 is 23.7 Å². The van der Waals surface area contributed by atoms with Crippen molar-refractivity contribution in [1.82, 2.24) is 35.2 Å². The molecule has 14 heteroatoms. The van der Waals surface area contributed by atoms with Crippen LogP contribution in [0.25, 0.3) is 11.1 Å². The molecule has 47 heavy (non-hydrogen) atoms. The molecule has 6 rings (SSSR count). The highest BCUT2D eigenvalue weighted by molar-refractivity contribution is 5.91. The first-order valence-electron chi connectivity index (χ1n) is 15.6. The Hall–Kier alpha value is -5.42. The first kappa shape index (κ1) is 31.6. The number of hydrogen-bond donors (Lipinski definition) is 3. The van der Waals surface area contributed by atoms with Crippen molar-refractivity contribution in [2.75, 3.05) is 35.9 Å². The molecule has 0 unspecified atom stereocenters. The summed E-state index contributed by atoms with van der Waals surface area (Å²) in [5.41, 5.74) is 4.40. The number of anilines is 3. The topological polar surface area (TPSA) is 176 Å². The Kier molecular flexibility index (Phi) is 9.63. The van der Waals surface area contributed by atoms with Crippen LogP contribution in [0.3, 0.4) is 0 Å². The summed E-state index contributed by atoms with van der Waals surface area (Å²) in [6, 6.07) is 12.1. The fourth-order valence-corrected chi connectivity index (χ4v) is 5.87. The number of nitrogens with zero attached hydrogens (tertiary/aromatic N) is 8. The van der Waals surface area contributed by atoms with Crippen molar-refractivity contribution < 1.29 is 14.3 Å². The molecule has 0 radical (unpaired) electrons. The van der Waals surface area contributed by atoms with E-state index >= 15 is 0 Å². The number of rotatable bonds is 10. The molecule has 0 spiro atoms. The van der Waals surface area contributed by atoms with Crippen molar-refractivity contribution in [1.29, 1.82) is 5.26 Å². The van der Waals surface area contributed by atoms with Gasteiger partial charge in [-0.2, -0.15) is 10.2 Å². The zero-order valence-corrected chi connectivity index (χ0v) is 26.6. The minimum Gasteiger partial charge on any atom is -0.467 e. The Bertz CT molecular complexity index is 1710. The number of methoxy groups -OCH3 is 1. The number of ether oxygens (including phenoxy) is 2. The average Bonchev–Trinajstić information content (AvgIpc) is 3.07. The number of carbonyl (C=O) groups is 1. The van der Waals surface area contributed by atoms with Gasteiger partial charge in [-0.25, -0.2) is 29.7 Å². The zero-order chi connectivity index (χ0) is 32.8. The van der Waals surface area contributed by atoms with Crippen molar-refractivity contribution in [3.8, 4) is 23.2 Å². The van der Waals surface area contributed by atoms with Crippen LogP contribution in [0.4, 0.5) is 22.5 Å². The second kappa shape index (κ2) is 14.3. The molecule has 1 saturated carbocycles. The smallest absolute Gasteiger partial charge is 0.324 e. The molecule has 3 aromatic heterocycles. The van der Waals surface area contributed by atoms with E-state index in [0.717, 1.165) is 29.5 Å². The van der Waals surface area contributed by atoms with E-state index in [2.05, 4.69) is 42.0 Å². The third-order valence-corrected chi connectivity index (χ3v) is 8.36. The van der Waals surface area contributed by atoms with Crippen LogP contribution >= 0.6 is 0 Å². The van der Waals surface area contributed by atoms with Gasteiger partial charge in [-0.3, -0.25) is 4.90 Å². The molecule has 1 aliphatic carbocycles. The summed E-state index contributed by atoms with van der Waals surface area (Å²) >= 11 is 0. The lowest BCUT2D eigenvalue weighted by atomic mass is 9.90. The maximum Gasteiger partial charge on any atom is 0.324 e. The van der Waals surface area contributed by atoms with Gasteiger partial charge in [-0.1, -0.05) is 30.3 Å². The molecule has 1 aromatic carbocycles. The van der Waals surface area contributed by atoms with Gasteiger partial charge in [0.05, 0.1) is 44.0 Å². The maximum atomic E-state index is 13.9. The van der Waals surface area contributed by atoms with E-state index < -0.39 is 0 Å². The largest absolute Gasteiger partial charge is 0.467 e. The lowest BCUT2D eigenvalue weighted by Crippen LogP contribution is -2.49. The minimum atomic E-state index is -0.254. The van der Waals surface area contributed by atoms with Crippen molar-refractivity contribution in [2.24, 2.45) is 0 Å². The summed E-state index contributed by atoms with van der Waals surface area (Å²) in [6.07, 6.45) is 7.87. The Morgan fingerprint density at radius 2 is 1.66 bits per heavy atom. The normalized spacial score (nSPS) is 17.6. The molecule has 0 atom stereocenters. The summed E-state index contributed by atoms with van der Waals surface area (Å²) in [6.45, 7) is 5.34. The molecule has 1 saturated heterocycles. The number of aromatic nitrogens is 6. The van der Waals surface area contributed by atoms with Crippen LogP contribution in [0.1, 0.15) is 48.2 Å². The molecular formula is C33H37N11O3. The number of aryl methyl sites for hydroxylation is 2. The third-order valence-electron chi connectivity index (χ3n) is 8.36. The fraction of sp³-hybridized carbons (Fsp3) is 0.394. The van der Waals surface area contributed by atoms with E-state index in [9.17, 15) is 10.1 Å². The standard InChI is InChI=1S/C33H37N11O3/c1-20-28(24-16-36-32(46-3)37-17-24)21(2)40-31(39-20)44(33(45)38-14-22-7-5-4-6-8-22)27-11-9-25(10-12-27)42-30-35-15-23(13-34)29(43-30)41-26-18-47-19-26/h4-8,15-17,25-27H,9-12,14,18-19H2,1-3H3,(H,38,45)(H2,35,41,42,43). The van der Waals surface area contributed by atoms with Crippen LogP contribution < -0.4 is 25.6 Å². The summed E-state index contributed by atoms with van der Waals surface area (Å²) in [5, 5.41) is 19.3. The fourth-order valence-electron chi connectivity index (χ4n) is 5.87. The van der Waals surface area contributed by atoms with Gasteiger partial charge in [0.2, 0.25) is 11.9 Å². The number of urea groups is 1. The first-order valence-corrected chi connectivity index (χ1v) is 15.6. The highest BCUT2D eigenvalue weighted by Gasteiger charge is 2.33. The Morgan fingerprint density at radius 1 is 0.957 bits per heavy atom. The molecular weight excluding hydrogens is 598 g/mol. The molecule has 14 nitrogen and oxygen atoms in total. The molecule has 2 aliphatic rings. The predicted molar refractivity (Wildman–Crippen MR) is 175 cm³/mol. The van der Waals surface area contributed by atoms with Gasteiger partial charge >= 0.3 is 12.0 Å². The first-order chi connectivity index (χ1) is 22.9. The maximum absolute atomic E-state index is 13.9. The van der Waals surface area contributed by atoms with Gasteiger partial charge in [-0.05, 0) is 45.1 Å². The predicted octanol–water partition coefficient (Wildman–Crippen LogP) is 4.17. The molecule has 242 valence electrons. The molecule has 4 aromatic rings. The molecule has 3 N–H and O–H groups in total. The van der Waals surface area contributed by atoms with Crippen molar-refractivity contribution in [2.45, 2.75) is 64.2 Å². The summed E-state index contributed by atoms with van der Waals surface area (Å²) < 4.78 is 10.3. The van der Waals surface area contributed by atoms with E-state index in [-0.39, 0.29) is 30.2 Å². The monoisotopic (exact) mass is 635 g/mol. The molecule has 2 amide bonds. The molecule has 0 bridgehead atoms. The van der Waals surface area contributed by atoms with Crippen LogP contribution in [0.15, 0.2) is 48.9 Å². The highest BCUT2D eigenvalue weighted by Crippen LogP contribution is 2.31. The Labute approximate surface area is 273 Å². The van der Waals surface area contributed by atoms with Crippen molar-refractivity contribution in [3.63, 3.8) is 0 Å². The quantitative estimate of drug-likeness (QED) is 0.227. The summed E-state index contributed by atoms with van der Waals surface area (Å²) in [5.74, 6) is 1.31. The highest BCUT2D eigenvalue weighted by atomic mass is 16.5. The van der Waals surface area contributed by atoms with E-state index in [1.807, 2.05) is 44.2 Å². The average molecular weight is 636 g/mol. The number of nitriles is 1. The van der Waals surface area contributed by atoms with Crippen LogP contribution in [-0.4, -0.2) is 74.4 Å². The molecule has 1 aliphatic heterocycles. The number of amides is 2. The SMILES string of the molecule is COc1ncc(-c2c(C)nc(N(C(=O)NCc3ccccc3)C3CCC(Nc4ncc(C#N)c(NC5COC5)n4)CC3)nc2C)cn1. The minimum absolute atomic E-state index is 0.0927. The summed E-state index contributed by atoms with van der Waals surface area (Å²) in [4.78, 5) is 42.7. The van der Waals surface area contributed by atoms with E-state index in [4.69, 9.17) is 19.4 Å². The van der Waals surface area contributed by atoms with Gasteiger partial charge in [0, 0.05) is 42.1 Å². The zero-order valence-electron chi connectivity index (χ0n) is 26.6. The molecule has 2 fully saturated rings. The second-order valence-electron chi connectivity index (χ2n) is 11.6. The van der Waals surface area contributed by atoms with Gasteiger partial charge in [-0.15, -0.1) is 0 Å². The Balaban J connectivity index is 1.20. The van der Waals surface area contributed by atoms with Crippen molar-refractivity contribution in [3.05, 3.63) is 71.4 Å². The van der Waals surface area contributed by atoms with Gasteiger partial charge < -0.3 is 25.4 Å². The summed E-state index contributed by atoms with van der Waals surface area (Å²) in [7, 11) is 1.52. The van der Waals surface area contributed by atoms with Crippen LogP contribution in [0.2, 0.25) is 0 Å². The molecule has 4 heterocycles. The third kappa shape index (κ3) is 7.36.